The van der Waals surface area contributed by atoms with Crippen molar-refractivity contribution in [1.29, 1.82) is 0 Å². The van der Waals surface area contributed by atoms with E-state index in [2.05, 4.69) is 27.0 Å². The predicted molar refractivity (Wildman–Crippen MR) is 90.4 cm³/mol. The van der Waals surface area contributed by atoms with Crippen LogP contribution >= 0.6 is 0 Å². The summed E-state index contributed by atoms with van der Waals surface area (Å²) in [6, 6.07) is 20.4. The van der Waals surface area contributed by atoms with Crippen LogP contribution < -0.4 is 3.71 Å². The molecule has 21 heavy (non-hydrogen) atoms. The van der Waals surface area contributed by atoms with Crippen molar-refractivity contribution in [2.45, 2.75) is 14.8 Å². The van der Waals surface area contributed by atoms with Crippen LogP contribution in [0.3, 0.4) is 0 Å². The van der Waals surface area contributed by atoms with E-state index < -0.39 is 18.4 Å². The molecule has 3 aromatic rings. The molecule has 3 heteroatoms. The van der Waals surface area contributed by atoms with Gasteiger partial charge in [0, 0.05) is 0 Å². The Hall–Kier alpha value is -1.55. The molecule has 0 bridgehead atoms. The van der Waals surface area contributed by atoms with Crippen LogP contribution in [0.2, 0.25) is 14.8 Å². The molecule has 0 radical (unpaired) electrons. The Morgan fingerprint density at radius 2 is 1.29 bits per heavy atom. The predicted octanol–water partition coefficient (Wildman–Crippen LogP) is 4.55. The zero-order chi connectivity index (χ0) is 14.9. The van der Waals surface area contributed by atoms with Crippen molar-refractivity contribution in [1.82, 2.24) is 4.98 Å². The molecule has 0 unspecified atom stereocenters. The number of hydrogen-bond donors (Lipinski definition) is 0. The van der Waals surface area contributed by atoms with Crippen molar-refractivity contribution in [3.05, 3.63) is 60.7 Å². The molecule has 0 saturated carbocycles. The molecule has 1 aromatic heterocycles. The third kappa shape index (κ3) is 3.05. The monoisotopic (exact) mass is 385 g/mol. The molecule has 2 nitrogen and oxygen atoms in total. The van der Waals surface area contributed by atoms with E-state index in [1.54, 1.807) is 0 Å². The molecule has 0 atom stereocenters. The van der Waals surface area contributed by atoms with Crippen molar-refractivity contribution in [2.75, 3.05) is 0 Å². The fourth-order valence-electron chi connectivity index (χ4n) is 2.32. The van der Waals surface area contributed by atoms with Gasteiger partial charge in [-0.2, -0.15) is 0 Å². The quantitative estimate of drug-likeness (QED) is 0.620. The Kier molecular flexibility index (Phi) is 3.89. The molecule has 106 valence electrons. The van der Waals surface area contributed by atoms with E-state index in [4.69, 9.17) is 9.40 Å². The molecular weight excluding hydrogens is 365 g/mol. The summed E-state index contributed by atoms with van der Waals surface area (Å²) in [4.78, 5) is 12.0. The van der Waals surface area contributed by atoms with Gasteiger partial charge in [-0.3, -0.25) is 0 Å². The summed E-state index contributed by atoms with van der Waals surface area (Å²) in [6.07, 6.45) is 0. The zero-order valence-corrected chi connectivity index (χ0v) is 15.5. The van der Waals surface area contributed by atoms with Gasteiger partial charge in [-0.25, -0.2) is 0 Å². The molecule has 3 rings (SSSR count). The van der Waals surface area contributed by atoms with Crippen molar-refractivity contribution >= 4 is 22.1 Å². The SMILES string of the molecule is [CH3][Sn]([CH3])([CH3])[c]1nc(-c2ccccc2)oc1-c1ccccc1. The Morgan fingerprint density at radius 3 is 1.81 bits per heavy atom. The number of benzene rings is 2. The molecule has 0 N–H and O–H groups in total. The van der Waals surface area contributed by atoms with Crippen LogP contribution in [-0.2, 0) is 0 Å². The Labute approximate surface area is 129 Å². The normalized spacial score (nSPS) is 11.6. The van der Waals surface area contributed by atoms with Crippen molar-refractivity contribution in [3.63, 3.8) is 0 Å². The van der Waals surface area contributed by atoms with Crippen molar-refractivity contribution < 1.29 is 4.42 Å². The summed E-state index contributed by atoms with van der Waals surface area (Å²) in [5, 5.41) is 0. The average Bonchev–Trinajstić information content (AvgIpc) is 2.94. The average molecular weight is 384 g/mol. The number of nitrogens with zero attached hydrogens (tertiary/aromatic N) is 1. The summed E-state index contributed by atoms with van der Waals surface area (Å²) in [5.41, 5.74) is 2.16. The van der Waals surface area contributed by atoms with Crippen LogP contribution in [0.1, 0.15) is 0 Å². The van der Waals surface area contributed by atoms with Gasteiger partial charge in [0.2, 0.25) is 0 Å². The van der Waals surface area contributed by atoms with E-state index in [0.717, 1.165) is 22.8 Å². The molecule has 1 heterocycles. The van der Waals surface area contributed by atoms with Crippen LogP contribution in [0.25, 0.3) is 22.8 Å². The zero-order valence-electron chi connectivity index (χ0n) is 12.6. The van der Waals surface area contributed by atoms with Crippen LogP contribution in [0.5, 0.6) is 0 Å². The van der Waals surface area contributed by atoms with Gasteiger partial charge in [-0.15, -0.1) is 0 Å². The molecular formula is C18H19NOSn. The molecule has 0 aliphatic heterocycles. The van der Waals surface area contributed by atoms with Crippen LogP contribution in [0, 0.1) is 0 Å². The van der Waals surface area contributed by atoms with Crippen molar-refractivity contribution in [3.8, 4) is 22.8 Å². The first kappa shape index (κ1) is 14.4. The van der Waals surface area contributed by atoms with Gasteiger partial charge < -0.3 is 0 Å². The third-order valence-corrected chi connectivity index (χ3v) is 8.42. The van der Waals surface area contributed by atoms with E-state index in [0.29, 0.717) is 0 Å². The van der Waals surface area contributed by atoms with Gasteiger partial charge in [0.1, 0.15) is 0 Å². The van der Waals surface area contributed by atoms with Gasteiger partial charge in [0.25, 0.3) is 0 Å². The fourth-order valence-corrected chi connectivity index (χ4v) is 6.07. The van der Waals surface area contributed by atoms with Crippen LogP contribution in [0.15, 0.2) is 65.1 Å². The Morgan fingerprint density at radius 1 is 0.762 bits per heavy atom. The summed E-state index contributed by atoms with van der Waals surface area (Å²) < 4.78 is 7.36. The Balaban J connectivity index is 2.17. The molecule has 0 saturated heterocycles. The van der Waals surface area contributed by atoms with E-state index in [1.807, 2.05) is 48.5 Å². The summed E-state index contributed by atoms with van der Waals surface area (Å²) >= 11 is -2.35. The first-order valence-electron chi connectivity index (χ1n) is 7.18. The molecule has 0 aliphatic carbocycles. The first-order valence-corrected chi connectivity index (χ1v) is 17.2. The maximum atomic E-state index is 6.15. The van der Waals surface area contributed by atoms with Gasteiger partial charge in [0.05, 0.1) is 0 Å². The van der Waals surface area contributed by atoms with E-state index in [9.17, 15) is 0 Å². The molecule has 0 spiro atoms. The minimum atomic E-state index is -2.35. The van der Waals surface area contributed by atoms with Crippen molar-refractivity contribution in [2.24, 2.45) is 0 Å². The van der Waals surface area contributed by atoms with Crippen LogP contribution in [0.4, 0.5) is 0 Å². The summed E-state index contributed by atoms with van der Waals surface area (Å²) in [5.74, 6) is 1.69. The second-order valence-electron chi connectivity index (χ2n) is 6.18. The topological polar surface area (TPSA) is 26.0 Å². The third-order valence-electron chi connectivity index (χ3n) is 3.39. The van der Waals surface area contributed by atoms with Gasteiger partial charge in [-0.05, 0) is 0 Å². The van der Waals surface area contributed by atoms with Gasteiger partial charge in [0.15, 0.2) is 0 Å². The Bertz CT molecular complexity index is 727. The molecule has 0 aliphatic rings. The molecule has 0 fully saturated rings. The van der Waals surface area contributed by atoms with E-state index in [1.165, 1.54) is 3.71 Å². The number of hydrogen-bond acceptors (Lipinski definition) is 2. The van der Waals surface area contributed by atoms with Crippen LogP contribution in [-0.4, -0.2) is 23.4 Å². The fraction of sp³-hybridized carbons (Fsp3) is 0.167. The first-order chi connectivity index (χ1) is 10.1. The van der Waals surface area contributed by atoms with Gasteiger partial charge in [-0.1, -0.05) is 0 Å². The second-order valence-corrected chi connectivity index (χ2v) is 20.4. The number of oxazole rings is 1. The summed E-state index contributed by atoms with van der Waals surface area (Å²) in [6.45, 7) is 0. The van der Waals surface area contributed by atoms with E-state index in [-0.39, 0.29) is 0 Å². The van der Waals surface area contributed by atoms with E-state index >= 15 is 0 Å². The number of rotatable bonds is 3. The van der Waals surface area contributed by atoms with Gasteiger partial charge >= 0.3 is 130 Å². The second kappa shape index (κ2) is 5.68. The standard InChI is InChI=1S/C15H10NO.3CH3.Sn/c1-3-7-12(8-4-1)14-11-16-15(17-14)13-9-5-2-6-10-13;;;;/h1-10H;3*1H3;. The molecule has 2 aromatic carbocycles. The minimum absolute atomic E-state index is 0.732. The summed E-state index contributed by atoms with van der Waals surface area (Å²) in [7, 11) is 0. The molecule has 0 amide bonds. The maximum absolute atomic E-state index is 6.15. The number of aromatic nitrogens is 1.